The molecule has 0 fully saturated rings. The summed E-state index contributed by atoms with van der Waals surface area (Å²) in [6, 6.07) is 9.85. The van der Waals surface area contributed by atoms with Gasteiger partial charge >= 0.3 is 0 Å². The second-order valence-corrected chi connectivity index (χ2v) is 8.71. The van der Waals surface area contributed by atoms with Crippen LogP contribution in [0, 0.1) is 26.7 Å². The highest BCUT2D eigenvalue weighted by Crippen LogP contribution is 2.31. The summed E-state index contributed by atoms with van der Waals surface area (Å²) in [6.45, 7) is 10.0. The van der Waals surface area contributed by atoms with Crippen molar-refractivity contribution in [1.29, 1.82) is 0 Å². The number of fused-ring (bicyclic) bond motifs is 1. The predicted molar refractivity (Wildman–Crippen MR) is 117 cm³/mol. The third-order valence-electron chi connectivity index (χ3n) is 4.66. The molecule has 3 aromatic rings. The number of hydrogen-bond acceptors (Lipinski definition) is 4. The Labute approximate surface area is 170 Å². The topological polar surface area (TPSA) is 50.4 Å². The van der Waals surface area contributed by atoms with Crippen LogP contribution in [0.2, 0.25) is 0 Å². The molecule has 3 rings (SSSR count). The first-order valence-corrected chi connectivity index (χ1v) is 10.4. The minimum Gasteiger partial charge on any atom is -0.507 e. The molecule has 28 heavy (non-hydrogen) atoms. The van der Waals surface area contributed by atoms with Gasteiger partial charge in [0, 0.05) is 21.6 Å². The normalized spacial score (nSPS) is 11.8. The zero-order valence-electron chi connectivity index (χ0n) is 17.0. The summed E-state index contributed by atoms with van der Waals surface area (Å²) in [5, 5.41) is 10.9. The molecule has 4 heteroatoms. The number of carbonyl (C=O) groups is 1. The van der Waals surface area contributed by atoms with Gasteiger partial charge in [-0.05, 0) is 79.8 Å². The van der Waals surface area contributed by atoms with Gasteiger partial charge in [0.15, 0.2) is 5.76 Å². The zero-order valence-corrected chi connectivity index (χ0v) is 17.8. The van der Waals surface area contributed by atoms with Crippen molar-refractivity contribution in [3.8, 4) is 5.75 Å². The van der Waals surface area contributed by atoms with Gasteiger partial charge in [-0.15, -0.1) is 11.8 Å². The molecule has 0 radical (unpaired) electrons. The van der Waals surface area contributed by atoms with Crippen molar-refractivity contribution < 1.29 is 14.3 Å². The number of ketones is 1. The molecule has 1 N–H and O–H groups in total. The number of aromatic hydroxyl groups is 1. The number of aryl methyl sites for hydroxylation is 3. The lowest BCUT2D eigenvalue weighted by molar-refractivity contribution is 0.102. The number of thioether (sulfide) groups is 1. The Balaban J connectivity index is 1.86. The number of carbonyl (C=O) groups excluding carboxylic acids is 1. The van der Waals surface area contributed by atoms with Crippen LogP contribution < -0.4 is 0 Å². The van der Waals surface area contributed by atoms with Gasteiger partial charge in [0.2, 0.25) is 5.78 Å². The second kappa shape index (κ2) is 8.27. The Morgan fingerprint density at radius 3 is 2.46 bits per heavy atom. The van der Waals surface area contributed by atoms with Crippen molar-refractivity contribution in [2.75, 3.05) is 5.75 Å². The fourth-order valence-electron chi connectivity index (χ4n) is 3.13. The molecule has 2 aromatic carbocycles. The van der Waals surface area contributed by atoms with Gasteiger partial charge in [-0.2, -0.15) is 0 Å². The smallest absolute Gasteiger partial charge is 0.221 e. The summed E-state index contributed by atoms with van der Waals surface area (Å²) >= 11 is 1.80. The Morgan fingerprint density at radius 2 is 1.82 bits per heavy atom. The van der Waals surface area contributed by atoms with Gasteiger partial charge in [0.05, 0.1) is 0 Å². The second-order valence-electron chi connectivity index (χ2n) is 7.62. The molecule has 0 aliphatic rings. The van der Waals surface area contributed by atoms with Crippen LogP contribution in [0.25, 0.3) is 17.0 Å². The molecule has 3 nitrogen and oxygen atoms in total. The van der Waals surface area contributed by atoms with Crippen molar-refractivity contribution in [1.82, 2.24) is 0 Å². The monoisotopic (exact) mass is 394 g/mol. The van der Waals surface area contributed by atoms with Gasteiger partial charge < -0.3 is 9.52 Å². The number of furan rings is 1. The Morgan fingerprint density at radius 1 is 1.14 bits per heavy atom. The molecule has 0 aliphatic heterocycles. The quantitative estimate of drug-likeness (QED) is 0.287. The fourth-order valence-corrected chi connectivity index (χ4v) is 4.01. The van der Waals surface area contributed by atoms with E-state index in [4.69, 9.17) is 4.42 Å². The molecule has 0 atom stereocenters. The molecule has 146 valence electrons. The number of allylic oxidation sites excluding steroid dienone is 1. The lowest BCUT2D eigenvalue weighted by atomic mass is 10.0. The molecule has 0 aliphatic carbocycles. The molecular weight excluding hydrogens is 368 g/mol. The van der Waals surface area contributed by atoms with Crippen LogP contribution in [0.4, 0.5) is 0 Å². The van der Waals surface area contributed by atoms with Crippen molar-refractivity contribution >= 4 is 34.6 Å². The maximum atomic E-state index is 12.7. The number of rotatable bonds is 6. The van der Waals surface area contributed by atoms with Gasteiger partial charge in [-0.25, -0.2) is 0 Å². The van der Waals surface area contributed by atoms with E-state index in [2.05, 4.69) is 19.9 Å². The van der Waals surface area contributed by atoms with Crippen LogP contribution >= 0.6 is 11.8 Å². The van der Waals surface area contributed by atoms with Gasteiger partial charge in [-0.1, -0.05) is 19.9 Å². The fraction of sp³-hybridized carbons (Fsp3) is 0.292. The summed E-state index contributed by atoms with van der Waals surface area (Å²) < 4.78 is 5.91. The average molecular weight is 395 g/mol. The third kappa shape index (κ3) is 4.33. The van der Waals surface area contributed by atoms with Crippen molar-refractivity contribution in [2.45, 2.75) is 39.5 Å². The Hall–Kier alpha value is -2.46. The number of phenols is 1. The van der Waals surface area contributed by atoms with Crippen LogP contribution in [0.3, 0.4) is 0 Å². The minimum atomic E-state index is -0.159. The largest absolute Gasteiger partial charge is 0.507 e. The molecule has 0 saturated heterocycles. The van der Waals surface area contributed by atoms with Gasteiger partial charge in [-0.3, -0.25) is 4.79 Å². The summed E-state index contributed by atoms with van der Waals surface area (Å²) in [5.41, 5.74) is 4.07. The van der Waals surface area contributed by atoms with Crippen LogP contribution in [-0.4, -0.2) is 16.6 Å². The number of benzene rings is 2. The lowest BCUT2D eigenvalue weighted by Crippen LogP contribution is -1.94. The highest BCUT2D eigenvalue weighted by atomic mass is 32.2. The zero-order chi connectivity index (χ0) is 20.4. The van der Waals surface area contributed by atoms with Crippen molar-refractivity contribution in [3.63, 3.8) is 0 Å². The first kappa shape index (κ1) is 20.3. The molecule has 0 unspecified atom stereocenters. The Kier molecular flexibility index (Phi) is 5.99. The number of phenolic OH excluding ortho intramolecular Hbond substituents is 1. The van der Waals surface area contributed by atoms with Crippen LogP contribution in [0.5, 0.6) is 5.75 Å². The third-order valence-corrected chi connectivity index (χ3v) is 6.08. The first-order chi connectivity index (χ1) is 13.3. The summed E-state index contributed by atoms with van der Waals surface area (Å²) in [6.07, 6.45) is 3.29. The van der Waals surface area contributed by atoms with E-state index in [-0.39, 0.29) is 5.78 Å². The Bertz CT molecular complexity index is 1030. The van der Waals surface area contributed by atoms with E-state index in [9.17, 15) is 9.90 Å². The molecule has 0 saturated carbocycles. The molecule has 0 spiro atoms. The van der Waals surface area contributed by atoms with E-state index in [1.807, 2.05) is 45.0 Å². The maximum Gasteiger partial charge on any atom is 0.221 e. The standard InChI is InChI=1S/C24H26O3S/c1-14(2)13-28-19-7-8-20-17(5)24(27-22(20)12-19)21(25)9-6-18-10-15(3)23(26)16(4)11-18/h6-12,14,26H,13H2,1-5H3/b9-6+. The first-order valence-electron chi connectivity index (χ1n) is 9.45. The molecular formula is C24H26O3S. The van der Waals surface area contributed by atoms with Crippen LogP contribution in [-0.2, 0) is 0 Å². The SMILES string of the molecule is Cc1cc(/C=C/C(=O)c2oc3cc(SCC(C)C)ccc3c2C)cc(C)c1O. The van der Waals surface area contributed by atoms with Crippen molar-refractivity contribution in [3.05, 3.63) is 64.4 Å². The summed E-state index contributed by atoms with van der Waals surface area (Å²) in [4.78, 5) is 13.9. The van der Waals surface area contributed by atoms with Gasteiger partial charge in [0.25, 0.3) is 0 Å². The maximum absolute atomic E-state index is 12.7. The molecule has 0 amide bonds. The number of hydrogen-bond donors (Lipinski definition) is 1. The van der Waals surface area contributed by atoms with E-state index in [0.717, 1.165) is 43.9 Å². The van der Waals surface area contributed by atoms with Crippen molar-refractivity contribution in [2.24, 2.45) is 5.92 Å². The highest BCUT2D eigenvalue weighted by Gasteiger charge is 2.16. The highest BCUT2D eigenvalue weighted by molar-refractivity contribution is 7.99. The van der Waals surface area contributed by atoms with Crippen LogP contribution in [0.1, 0.15) is 46.7 Å². The van der Waals surface area contributed by atoms with E-state index < -0.39 is 0 Å². The van der Waals surface area contributed by atoms with E-state index in [1.54, 1.807) is 17.8 Å². The molecule has 1 heterocycles. The van der Waals surface area contributed by atoms with E-state index in [1.165, 1.54) is 6.08 Å². The molecule has 1 aromatic heterocycles. The summed E-state index contributed by atoms with van der Waals surface area (Å²) in [7, 11) is 0. The minimum absolute atomic E-state index is 0.159. The lowest BCUT2D eigenvalue weighted by Gasteiger charge is -2.04. The van der Waals surface area contributed by atoms with E-state index >= 15 is 0 Å². The average Bonchev–Trinajstić information content (AvgIpc) is 2.98. The van der Waals surface area contributed by atoms with Gasteiger partial charge in [0.1, 0.15) is 11.3 Å². The molecule has 0 bridgehead atoms. The van der Waals surface area contributed by atoms with E-state index in [0.29, 0.717) is 17.4 Å². The predicted octanol–water partition coefficient (Wildman–Crippen LogP) is 6.71. The summed E-state index contributed by atoms with van der Waals surface area (Å²) in [5.74, 6) is 2.18. The van der Waals surface area contributed by atoms with Crippen LogP contribution in [0.15, 0.2) is 45.7 Å².